The lowest BCUT2D eigenvalue weighted by Gasteiger charge is -2.06. The fourth-order valence-electron chi connectivity index (χ4n) is 1.35. The number of thiophene rings is 1. The van der Waals surface area contributed by atoms with Gasteiger partial charge in [0.1, 0.15) is 6.07 Å². The average molecular weight is 328 g/mol. The Morgan fingerprint density at radius 3 is 2.82 bits per heavy atom. The molecule has 1 heterocycles. The lowest BCUT2D eigenvalue weighted by Crippen LogP contribution is -1.98. The van der Waals surface area contributed by atoms with Crippen molar-refractivity contribution in [2.24, 2.45) is 0 Å². The van der Waals surface area contributed by atoms with E-state index in [9.17, 15) is 0 Å². The molecule has 1 N–H and O–H groups in total. The van der Waals surface area contributed by atoms with Gasteiger partial charge < -0.3 is 5.32 Å². The van der Waals surface area contributed by atoms with E-state index in [1.807, 2.05) is 23.6 Å². The SMILES string of the molecule is N#Cc1ccc(NCc2sccc2Br)cc1Cl. The Labute approximate surface area is 117 Å². The highest BCUT2D eigenvalue weighted by Gasteiger charge is 2.03. The van der Waals surface area contributed by atoms with Crippen molar-refractivity contribution in [3.8, 4) is 6.07 Å². The molecule has 0 aliphatic heterocycles. The second kappa shape index (κ2) is 5.54. The summed E-state index contributed by atoms with van der Waals surface area (Å²) < 4.78 is 1.11. The van der Waals surface area contributed by atoms with Gasteiger partial charge in [-0.3, -0.25) is 0 Å². The van der Waals surface area contributed by atoms with E-state index in [2.05, 4.69) is 21.2 Å². The molecule has 0 saturated heterocycles. The highest BCUT2D eigenvalue weighted by Crippen LogP contribution is 2.25. The normalized spacial score (nSPS) is 9.94. The molecule has 5 heteroatoms. The maximum Gasteiger partial charge on any atom is 0.101 e. The van der Waals surface area contributed by atoms with Crippen LogP contribution in [0.5, 0.6) is 0 Å². The molecule has 2 rings (SSSR count). The van der Waals surface area contributed by atoms with Gasteiger partial charge in [-0.2, -0.15) is 5.26 Å². The standard InChI is InChI=1S/C12H8BrClN2S/c13-10-3-4-17-12(10)7-16-9-2-1-8(6-15)11(14)5-9/h1-5,16H,7H2. The molecule has 0 spiro atoms. The minimum absolute atomic E-state index is 0.475. The van der Waals surface area contributed by atoms with Crippen LogP contribution in [0.4, 0.5) is 5.69 Å². The Kier molecular flexibility index (Phi) is 4.06. The molecular weight excluding hydrogens is 320 g/mol. The Bertz CT molecular complexity index is 574. The highest BCUT2D eigenvalue weighted by molar-refractivity contribution is 9.10. The summed E-state index contributed by atoms with van der Waals surface area (Å²) in [6.45, 7) is 0.737. The molecule has 0 fully saturated rings. The Hall–Kier alpha value is -1.02. The molecule has 0 bridgehead atoms. The molecule has 1 aromatic carbocycles. The summed E-state index contributed by atoms with van der Waals surface area (Å²) in [6, 6.07) is 9.39. The predicted octanol–water partition coefficient (Wildman–Crippen LogP) is 4.65. The lowest BCUT2D eigenvalue weighted by molar-refractivity contribution is 1.18. The molecule has 86 valence electrons. The van der Waals surface area contributed by atoms with Crippen molar-refractivity contribution in [3.63, 3.8) is 0 Å². The van der Waals surface area contributed by atoms with Gasteiger partial charge in [0.15, 0.2) is 0 Å². The van der Waals surface area contributed by atoms with Crippen LogP contribution in [0.15, 0.2) is 34.1 Å². The fourth-order valence-corrected chi connectivity index (χ4v) is 3.00. The molecule has 0 amide bonds. The molecule has 1 aromatic heterocycles. The van der Waals surface area contributed by atoms with E-state index in [0.717, 1.165) is 16.7 Å². The van der Waals surface area contributed by atoms with Crippen LogP contribution in [0.25, 0.3) is 0 Å². The van der Waals surface area contributed by atoms with Gasteiger partial charge in [-0.05, 0) is 45.6 Å². The Morgan fingerprint density at radius 1 is 1.41 bits per heavy atom. The van der Waals surface area contributed by atoms with Gasteiger partial charge in [0, 0.05) is 15.0 Å². The Balaban J connectivity index is 2.08. The predicted molar refractivity (Wildman–Crippen MR) is 75.5 cm³/mol. The first-order chi connectivity index (χ1) is 8.20. The first kappa shape index (κ1) is 12.4. The monoisotopic (exact) mass is 326 g/mol. The van der Waals surface area contributed by atoms with E-state index in [-0.39, 0.29) is 0 Å². The molecule has 0 unspecified atom stereocenters. The summed E-state index contributed by atoms with van der Waals surface area (Å²) in [4.78, 5) is 1.23. The molecule has 2 aromatic rings. The second-order valence-electron chi connectivity index (χ2n) is 3.35. The van der Waals surface area contributed by atoms with Gasteiger partial charge in [0.05, 0.1) is 17.1 Å². The highest BCUT2D eigenvalue weighted by atomic mass is 79.9. The molecule has 0 aliphatic carbocycles. The first-order valence-corrected chi connectivity index (χ1v) is 6.91. The molecule has 0 aliphatic rings. The van der Waals surface area contributed by atoms with Crippen molar-refractivity contribution >= 4 is 44.6 Å². The molecule has 0 radical (unpaired) electrons. The van der Waals surface area contributed by atoms with Crippen LogP contribution in [0.2, 0.25) is 5.02 Å². The lowest BCUT2D eigenvalue weighted by atomic mass is 10.2. The Morgan fingerprint density at radius 2 is 2.24 bits per heavy atom. The topological polar surface area (TPSA) is 35.8 Å². The van der Waals surface area contributed by atoms with Gasteiger partial charge >= 0.3 is 0 Å². The fraction of sp³-hybridized carbons (Fsp3) is 0.0833. The van der Waals surface area contributed by atoms with Crippen molar-refractivity contribution in [1.82, 2.24) is 0 Å². The van der Waals surface area contributed by atoms with E-state index >= 15 is 0 Å². The van der Waals surface area contributed by atoms with Gasteiger partial charge in [-0.15, -0.1) is 11.3 Å². The zero-order chi connectivity index (χ0) is 12.3. The van der Waals surface area contributed by atoms with Gasteiger partial charge in [0.2, 0.25) is 0 Å². The summed E-state index contributed by atoms with van der Waals surface area (Å²) in [5.41, 5.74) is 1.41. The number of nitrogens with one attached hydrogen (secondary N) is 1. The van der Waals surface area contributed by atoms with Crippen LogP contribution < -0.4 is 5.32 Å². The minimum Gasteiger partial charge on any atom is -0.380 e. The number of hydrogen-bond donors (Lipinski definition) is 1. The van der Waals surface area contributed by atoms with Gasteiger partial charge in [-0.25, -0.2) is 0 Å². The van der Waals surface area contributed by atoms with Crippen molar-refractivity contribution < 1.29 is 0 Å². The molecule has 2 nitrogen and oxygen atoms in total. The van der Waals surface area contributed by atoms with E-state index in [1.54, 1.807) is 23.5 Å². The largest absolute Gasteiger partial charge is 0.380 e. The third kappa shape index (κ3) is 3.01. The van der Waals surface area contributed by atoms with E-state index in [4.69, 9.17) is 16.9 Å². The maximum absolute atomic E-state index is 8.77. The third-order valence-electron chi connectivity index (χ3n) is 2.23. The van der Waals surface area contributed by atoms with E-state index in [1.165, 1.54) is 4.88 Å². The van der Waals surface area contributed by atoms with E-state index in [0.29, 0.717) is 10.6 Å². The molecule has 0 saturated carbocycles. The van der Waals surface area contributed by atoms with Crippen molar-refractivity contribution in [1.29, 1.82) is 5.26 Å². The van der Waals surface area contributed by atoms with Crippen LogP contribution >= 0.6 is 38.9 Å². The van der Waals surface area contributed by atoms with E-state index < -0.39 is 0 Å². The third-order valence-corrected chi connectivity index (χ3v) is 4.47. The minimum atomic E-state index is 0.475. The molecule has 17 heavy (non-hydrogen) atoms. The van der Waals surface area contributed by atoms with Crippen molar-refractivity contribution in [2.45, 2.75) is 6.54 Å². The summed E-state index contributed by atoms with van der Waals surface area (Å²) in [5, 5.41) is 14.5. The zero-order valence-electron chi connectivity index (χ0n) is 8.71. The van der Waals surface area contributed by atoms with Crippen LogP contribution in [0.3, 0.4) is 0 Å². The zero-order valence-corrected chi connectivity index (χ0v) is 11.9. The summed E-state index contributed by atoms with van der Waals surface area (Å²) >= 11 is 11.1. The summed E-state index contributed by atoms with van der Waals surface area (Å²) in [6.07, 6.45) is 0. The van der Waals surface area contributed by atoms with Crippen molar-refractivity contribution in [2.75, 3.05) is 5.32 Å². The number of hydrogen-bond acceptors (Lipinski definition) is 3. The summed E-state index contributed by atoms with van der Waals surface area (Å²) in [7, 11) is 0. The molecule has 0 atom stereocenters. The number of nitrogens with zero attached hydrogens (tertiary/aromatic N) is 1. The number of rotatable bonds is 3. The van der Waals surface area contributed by atoms with Gasteiger partial charge in [0.25, 0.3) is 0 Å². The maximum atomic E-state index is 8.77. The second-order valence-corrected chi connectivity index (χ2v) is 5.61. The first-order valence-electron chi connectivity index (χ1n) is 4.86. The number of benzene rings is 1. The van der Waals surface area contributed by atoms with Crippen LogP contribution in [-0.4, -0.2) is 0 Å². The van der Waals surface area contributed by atoms with Crippen molar-refractivity contribution in [3.05, 3.63) is 49.6 Å². The molecular formula is C12H8BrClN2S. The van der Waals surface area contributed by atoms with Gasteiger partial charge in [-0.1, -0.05) is 11.6 Å². The van der Waals surface area contributed by atoms with Crippen LogP contribution in [-0.2, 0) is 6.54 Å². The number of nitriles is 1. The summed E-state index contributed by atoms with van der Waals surface area (Å²) in [5.74, 6) is 0. The average Bonchev–Trinajstić information content (AvgIpc) is 2.72. The van der Waals surface area contributed by atoms with Crippen LogP contribution in [0, 0.1) is 11.3 Å². The quantitative estimate of drug-likeness (QED) is 0.891. The number of halogens is 2. The van der Waals surface area contributed by atoms with Crippen LogP contribution in [0.1, 0.15) is 10.4 Å². The smallest absolute Gasteiger partial charge is 0.101 e. The number of anilines is 1.